The molecule has 33 heavy (non-hydrogen) atoms. The number of benzene rings is 2. The molecule has 0 saturated heterocycles. The molecule has 0 fully saturated rings. The van der Waals surface area contributed by atoms with E-state index in [4.69, 9.17) is 4.74 Å². The largest absolute Gasteiger partial charge is 0.438 e. The zero-order valence-electron chi connectivity index (χ0n) is 18.6. The SMILES string of the molecule is Cc1cc(Oc2ncccc2C#N)ccc1NC(=O)C(NC(=O)Nc1ccccc1)C(C)C. The van der Waals surface area contributed by atoms with Gasteiger partial charge in [-0.1, -0.05) is 32.0 Å². The molecule has 3 aromatic rings. The minimum Gasteiger partial charge on any atom is -0.438 e. The second-order valence-electron chi connectivity index (χ2n) is 7.72. The van der Waals surface area contributed by atoms with E-state index in [2.05, 4.69) is 20.9 Å². The third kappa shape index (κ3) is 6.31. The van der Waals surface area contributed by atoms with Crippen molar-refractivity contribution in [1.29, 1.82) is 5.26 Å². The summed E-state index contributed by atoms with van der Waals surface area (Å²) in [4.78, 5) is 29.4. The van der Waals surface area contributed by atoms with Gasteiger partial charge in [0.15, 0.2) is 0 Å². The first kappa shape index (κ1) is 23.3. The van der Waals surface area contributed by atoms with Gasteiger partial charge in [0.05, 0.1) is 0 Å². The molecule has 2 aromatic carbocycles. The quantitative estimate of drug-likeness (QED) is 0.483. The van der Waals surface area contributed by atoms with Crippen LogP contribution in [-0.2, 0) is 4.79 Å². The molecule has 1 unspecified atom stereocenters. The van der Waals surface area contributed by atoms with Gasteiger partial charge < -0.3 is 20.7 Å². The summed E-state index contributed by atoms with van der Waals surface area (Å²) in [5.41, 5.74) is 2.31. The molecule has 0 bridgehead atoms. The first-order valence-corrected chi connectivity index (χ1v) is 10.4. The van der Waals surface area contributed by atoms with Crippen molar-refractivity contribution >= 4 is 23.3 Å². The van der Waals surface area contributed by atoms with Gasteiger partial charge in [-0.05, 0) is 60.9 Å². The van der Waals surface area contributed by atoms with Crippen molar-refractivity contribution in [2.75, 3.05) is 10.6 Å². The van der Waals surface area contributed by atoms with E-state index in [0.29, 0.717) is 22.7 Å². The molecule has 8 nitrogen and oxygen atoms in total. The van der Waals surface area contributed by atoms with Crippen LogP contribution in [0.1, 0.15) is 25.0 Å². The van der Waals surface area contributed by atoms with Crippen LogP contribution in [0.4, 0.5) is 16.2 Å². The summed E-state index contributed by atoms with van der Waals surface area (Å²) in [6.07, 6.45) is 1.55. The summed E-state index contributed by atoms with van der Waals surface area (Å²) in [5, 5.41) is 17.5. The Kier molecular flexibility index (Phi) is 7.60. The summed E-state index contributed by atoms with van der Waals surface area (Å²) in [6.45, 7) is 5.54. The molecule has 0 aliphatic rings. The second kappa shape index (κ2) is 10.8. The first-order chi connectivity index (χ1) is 15.9. The number of hydrogen-bond acceptors (Lipinski definition) is 5. The highest BCUT2D eigenvalue weighted by Gasteiger charge is 2.25. The van der Waals surface area contributed by atoms with Crippen LogP contribution in [0.15, 0.2) is 66.9 Å². The number of carbonyl (C=O) groups excluding carboxylic acids is 2. The lowest BCUT2D eigenvalue weighted by atomic mass is 10.0. The van der Waals surface area contributed by atoms with Gasteiger partial charge in [-0.2, -0.15) is 5.26 Å². The smallest absolute Gasteiger partial charge is 0.319 e. The lowest BCUT2D eigenvalue weighted by molar-refractivity contribution is -0.118. The van der Waals surface area contributed by atoms with Gasteiger partial charge in [-0.15, -0.1) is 0 Å². The van der Waals surface area contributed by atoms with Crippen LogP contribution in [0.2, 0.25) is 0 Å². The topological polar surface area (TPSA) is 116 Å². The van der Waals surface area contributed by atoms with E-state index in [-0.39, 0.29) is 17.7 Å². The van der Waals surface area contributed by atoms with Crippen LogP contribution >= 0.6 is 0 Å². The highest BCUT2D eigenvalue weighted by molar-refractivity contribution is 5.99. The number of aromatic nitrogens is 1. The van der Waals surface area contributed by atoms with Crippen LogP contribution in [0.25, 0.3) is 0 Å². The Morgan fingerprint density at radius 1 is 1.03 bits per heavy atom. The standard InChI is InChI=1S/C25H25N5O3/c1-16(2)22(30-25(32)28-19-9-5-4-6-10-19)23(31)29-21-12-11-20(14-17(21)3)33-24-18(15-26)8-7-13-27-24/h4-14,16,22H,1-3H3,(H,29,31)(H2,28,30,32). The molecular formula is C25H25N5O3. The number of para-hydroxylation sites is 1. The van der Waals surface area contributed by atoms with Crippen LogP contribution in [0.5, 0.6) is 11.6 Å². The molecule has 3 N–H and O–H groups in total. The van der Waals surface area contributed by atoms with E-state index in [1.165, 1.54) is 0 Å². The molecule has 8 heteroatoms. The number of amides is 3. The van der Waals surface area contributed by atoms with Crippen molar-refractivity contribution in [3.8, 4) is 17.7 Å². The van der Waals surface area contributed by atoms with Crippen LogP contribution < -0.4 is 20.7 Å². The number of nitriles is 1. The molecule has 0 aliphatic carbocycles. The maximum Gasteiger partial charge on any atom is 0.319 e. The fraction of sp³-hybridized carbons (Fsp3) is 0.200. The van der Waals surface area contributed by atoms with E-state index in [1.807, 2.05) is 45.0 Å². The van der Waals surface area contributed by atoms with Gasteiger partial charge in [0.1, 0.15) is 23.4 Å². The van der Waals surface area contributed by atoms with Crippen molar-refractivity contribution in [2.24, 2.45) is 5.92 Å². The van der Waals surface area contributed by atoms with Crippen LogP contribution in [0, 0.1) is 24.2 Å². The Morgan fingerprint density at radius 3 is 2.45 bits per heavy atom. The monoisotopic (exact) mass is 443 g/mol. The predicted octanol–water partition coefficient (Wildman–Crippen LogP) is 4.84. The van der Waals surface area contributed by atoms with E-state index in [1.54, 1.807) is 48.7 Å². The number of urea groups is 1. The van der Waals surface area contributed by atoms with E-state index in [9.17, 15) is 14.9 Å². The molecule has 3 rings (SSSR count). The summed E-state index contributed by atoms with van der Waals surface area (Å²) in [6, 6.07) is 18.3. The van der Waals surface area contributed by atoms with Gasteiger partial charge in [0.25, 0.3) is 0 Å². The first-order valence-electron chi connectivity index (χ1n) is 10.4. The molecule has 1 atom stereocenters. The van der Waals surface area contributed by atoms with Crippen molar-refractivity contribution in [3.05, 3.63) is 78.0 Å². The Morgan fingerprint density at radius 2 is 1.79 bits per heavy atom. The summed E-state index contributed by atoms with van der Waals surface area (Å²) >= 11 is 0. The Labute approximate surface area is 192 Å². The number of rotatable bonds is 7. The van der Waals surface area contributed by atoms with Crippen molar-refractivity contribution < 1.29 is 14.3 Å². The predicted molar refractivity (Wildman–Crippen MR) is 126 cm³/mol. The van der Waals surface area contributed by atoms with Crippen molar-refractivity contribution in [2.45, 2.75) is 26.8 Å². The lowest BCUT2D eigenvalue weighted by Gasteiger charge is -2.22. The van der Waals surface area contributed by atoms with Gasteiger partial charge in [0.2, 0.25) is 11.8 Å². The maximum atomic E-state index is 12.9. The Balaban J connectivity index is 1.67. The van der Waals surface area contributed by atoms with Crippen LogP contribution in [0.3, 0.4) is 0 Å². The molecule has 0 aliphatic heterocycles. The van der Waals surface area contributed by atoms with E-state index >= 15 is 0 Å². The number of carbonyl (C=O) groups is 2. The lowest BCUT2D eigenvalue weighted by Crippen LogP contribution is -2.48. The molecule has 0 spiro atoms. The van der Waals surface area contributed by atoms with Crippen LogP contribution in [-0.4, -0.2) is 23.0 Å². The summed E-state index contributed by atoms with van der Waals surface area (Å²) in [5.74, 6) is 0.232. The zero-order valence-corrected chi connectivity index (χ0v) is 18.6. The minimum atomic E-state index is -0.740. The zero-order chi connectivity index (χ0) is 23.8. The van der Waals surface area contributed by atoms with Gasteiger partial charge >= 0.3 is 6.03 Å². The number of anilines is 2. The average molecular weight is 444 g/mol. The fourth-order valence-corrected chi connectivity index (χ4v) is 3.08. The van der Waals surface area contributed by atoms with Gasteiger partial charge in [0, 0.05) is 17.6 Å². The summed E-state index contributed by atoms with van der Waals surface area (Å²) < 4.78 is 5.72. The second-order valence-corrected chi connectivity index (χ2v) is 7.72. The molecule has 168 valence electrons. The number of aryl methyl sites for hydroxylation is 1. The highest BCUT2D eigenvalue weighted by atomic mass is 16.5. The van der Waals surface area contributed by atoms with E-state index < -0.39 is 12.1 Å². The van der Waals surface area contributed by atoms with E-state index in [0.717, 1.165) is 5.56 Å². The highest BCUT2D eigenvalue weighted by Crippen LogP contribution is 2.27. The number of ether oxygens (including phenoxy) is 1. The van der Waals surface area contributed by atoms with Gasteiger partial charge in [-0.25, -0.2) is 9.78 Å². The van der Waals surface area contributed by atoms with Crippen molar-refractivity contribution in [1.82, 2.24) is 10.3 Å². The summed E-state index contributed by atoms with van der Waals surface area (Å²) in [7, 11) is 0. The number of nitrogens with one attached hydrogen (secondary N) is 3. The third-order valence-electron chi connectivity index (χ3n) is 4.83. The molecular weight excluding hydrogens is 418 g/mol. The minimum absolute atomic E-state index is 0.136. The fourth-order valence-electron chi connectivity index (χ4n) is 3.08. The number of nitrogens with zero attached hydrogens (tertiary/aromatic N) is 2. The Bertz CT molecular complexity index is 1170. The maximum absolute atomic E-state index is 12.9. The molecule has 0 radical (unpaired) electrons. The molecule has 1 aromatic heterocycles. The number of pyridine rings is 1. The van der Waals surface area contributed by atoms with Gasteiger partial charge in [-0.3, -0.25) is 4.79 Å². The van der Waals surface area contributed by atoms with Crippen molar-refractivity contribution in [3.63, 3.8) is 0 Å². The third-order valence-corrected chi connectivity index (χ3v) is 4.83. The Hall–Kier alpha value is -4.38. The molecule has 1 heterocycles. The molecule has 0 saturated carbocycles. The normalized spacial score (nSPS) is 11.2. The average Bonchev–Trinajstić information content (AvgIpc) is 2.80. The molecule has 3 amide bonds. The number of hydrogen-bond donors (Lipinski definition) is 3.